The van der Waals surface area contributed by atoms with E-state index in [1.807, 2.05) is 47.4 Å². The number of nitrogens with two attached hydrogens (primary N) is 1. The van der Waals surface area contributed by atoms with Gasteiger partial charge in [-0.3, -0.25) is 4.57 Å². The predicted octanol–water partition coefficient (Wildman–Crippen LogP) is 5.00. The molecule has 5 heterocycles. The molecule has 1 unspecified atom stereocenters. The largest absolute Gasteiger partial charge is 0.383 e. The van der Waals surface area contributed by atoms with Crippen molar-refractivity contribution < 1.29 is 4.68 Å². The average molecular weight is 502 g/mol. The molecule has 1 aromatic carbocycles. The number of nitrogens with zero attached hydrogens (tertiary/aromatic N) is 9. The Morgan fingerprint density at radius 2 is 2.05 bits per heavy atom. The van der Waals surface area contributed by atoms with E-state index in [1.165, 1.54) is 11.1 Å². The number of nitrogen functional groups attached to an aromatic ring is 1. The average Bonchev–Trinajstić information content (AvgIpc) is 3.75. The third-order valence-electron chi connectivity index (χ3n) is 7.07. The minimum atomic E-state index is 0.281. The van der Waals surface area contributed by atoms with Crippen LogP contribution in [-0.2, 0) is 6.42 Å². The normalized spacial score (nSPS) is 17.4. The van der Waals surface area contributed by atoms with Crippen LogP contribution in [0.2, 0.25) is 0 Å². The number of anilines is 1. The van der Waals surface area contributed by atoms with Crippen LogP contribution in [0.15, 0.2) is 89.4 Å². The zero-order chi connectivity index (χ0) is 25.6. The van der Waals surface area contributed by atoms with Gasteiger partial charge in [-0.05, 0) is 66.4 Å². The smallest absolute Gasteiger partial charge is 0.221 e. The number of pyridine rings is 2. The summed E-state index contributed by atoms with van der Waals surface area (Å²) in [5.41, 5.74) is 13.1. The first kappa shape index (κ1) is 22.2. The molecule has 0 spiro atoms. The molecular weight excluding hydrogens is 476 g/mol. The van der Waals surface area contributed by atoms with Crippen molar-refractivity contribution >= 4 is 23.2 Å². The lowest BCUT2D eigenvalue weighted by atomic mass is 10.0. The van der Waals surface area contributed by atoms with Gasteiger partial charge in [0.05, 0.1) is 10.7 Å². The summed E-state index contributed by atoms with van der Waals surface area (Å²) in [7, 11) is 0. The standard InChI is InChI=1S/C28H25N10/c1-2-20-17-36(35-34-20)16-19-7-6-18-15-21(8-9-22(18)19)38-27(23-5-3-12-30-26(23)29)32-24-10-11-25(33-28(24)38)37-14-4-13-31-37/h3-5,8-17,19H,2,6-7H2,1H3,(H2,29,30)/q+1/b36-16+. The maximum atomic E-state index is 6.31. The molecule has 38 heavy (non-hydrogen) atoms. The first-order chi connectivity index (χ1) is 18.7. The molecule has 0 bridgehead atoms. The first-order valence-corrected chi connectivity index (χ1v) is 12.7. The van der Waals surface area contributed by atoms with Gasteiger partial charge in [-0.25, -0.2) is 19.6 Å². The molecule has 10 nitrogen and oxygen atoms in total. The van der Waals surface area contributed by atoms with Crippen molar-refractivity contribution in [3.05, 3.63) is 90.1 Å². The molecule has 0 saturated heterocycles. The fourth-order valence-corrected chi connectivity index (χ4v) is 5.17. The third-order valence-corrected chi connectivity index (χ3v) is 7.07. The van der Waals surface area contributed by atoms with Crippen LogP contribution in [0.3, 0.4) is 0 Å². The van der Waals surface area contributed by atoms with Crippen molar-refractivity contribution in [3.63, 3.8) is 0 Å². The van der Waals surface area contributed by atoms with Crippen molar-refractivity contribution in [1.82, 2.24) is 29.3 Å². The van der Waals surface area contributed by atoms with Crippen molar-refractivity contribution in [3.8, 4) is 22.9 Å². The zero-order valence-corrected chi connectivity index (χ0v) is 20.8. The Morgan fingerprint density at radius 3 is 2.87 bits per heavy atom. The van der Waals surface area contributed by atoms with Crippen molar-refractivity contribution in [2.75, 3.05) is 5.73 Å². The van der Waals surface area contributed by atoms with Gasteiger partial charge in [0, 0.05) is 36.6 Å². The van der Waals surface area contributed by atoms with E-state index >= 15 is 0 Å². The Kier molecular flexibility index (Phi) is 5.17. The molecule has 1 aliphatic heterocycles. The number of hydrogen-bond donors (Lipinski definition) is 1. The highest BCUT2D eigenvalue weighted by Gasteiger charge is 2.26. The van der Waals surface area contributed by atoms with Gasteiger partial charge in [-0.2, -0.15) is 5.10 Å². The van der Waals surface area contributed by atoms with E-state index in [0.29, 0.717) is 17.5 Å². The molecule has 2 aliphatic rings. The van der Waals surface area contributed by atoms with E-state index in [0.717, 1.165) is 47.4 Å². The SMILES string of the molecule is CCC1=C/[N+](=C\C2CCc3cc(-n4c(-c5cccnc5N)nc5ccc(-n6cccn6)nc54)ccc32)N=N1. The second kappa shape index (κ2) is 8.84. The summed E-state index contributed by atoms with van der Waals surface area (Å²) in [6, 6.07) is 16.1. The minimum absolute atomic E-state index is 0.281. The fourth-order valence-electron chi connectivity index (χ4n) is 5.17. The molecule has 1 aliphatic carbocycles. The molecule has 5 aromatic rings. The molecule has 0 radical (unpaired) electrons. The maximum absolute atomic E-state index is 6.31. The highest BCUT2D eigenvalue weighted by atomic mass is 15.5. The lowest BCUT2D eigenvalue weighted by molar-refractivity contribution is -0.461. The van der Waals surface area contributed by atoms with Gasteiger partial charge in [0.15, 0.2) is 23.5 Å². The number of allylic oxidation sites excluding steroid dienone is 1. The summed E-state index contributed by atoms with van der Waals surface area (Å²) in [6.07, 6.45) is 12.3. The van der Waals surface area contributed by atoms with Gasteiger partial charge in [0.2, 0.25) is 5.70 Å². The van der Waals surface area contributed by atoms with Crippen LogP contribution < -0.4 is 5.73 Å². The summed E-state index contributed by atoms with van der Waals surface area (Å²) in [4.78, 5) is 14.2. The molecule has 186 valence electrons. The molecule has 0 amide bonds. The second-order valence-electron chi connectivity index (χ2n) is 9.39. The van der Waals surface area contributed by atoms with Gasteiger partial charge in [0.1, 0.15) is 22.8 Å². The fraction of sp³-hybridized carbons (Fsp3) is 0.179. The first-order valence-electron chi connectivity index (χ1n) is 12.7. The quantitative estimate of drug-likeness (QED) is 0.341. The number of imidazole rings is 1. The summed E-state index contributed by atoms with van der Waals surface area (Å²) >= 11 is 0. The Bertz CT molecular complexity index is 1780. The van der Waals surface area contributed by atoms with Crippen molar-refractivity contribution in [1.29, 1.82) is 0 Å². The van der Waals surface area contributed by atoms with E-state index in [9.17, 15) is 0 Å². The number of rotatable bonds is 5. The van der Waals surface area contributed by atoms with Gasteiger partial charge >= 0.3 is 0 Å². The topological polar surface area (TPSA) is 115 Å². The Hall–Kier alpha value is -4.99. The van der Waals surface area contributed by atoms with Crippen LogP contribution in [0.4, 0.5) is 5.82 Å². The van der Waals surface area contributed by atoms with Gasteiger partial charge < -0.3 is 5.73 Å². The lowest BCUT2D eigenvalue weighted by Crippen LogP contribution is -2.05. The van der Waals surface area contributed by atoms with Crippen LogP contribution in [-0.4, -0.2) is 40.2 Å². The van der Waals surface area contributed by atoms with Crippen LogP contribution >= 0.6 is 0 Å². The summed E-state index contributed by atoms with van der Waals surface area (Å²) in [6.45, 7) is 2.08. The van der Waals surface area contributed by atoms with Crippen LogP contribution in [0.25, 0.3) is 34.1 Å². The molecule has 2 N–H and O–H groups in total. The van der Waals surface area contributed by atoms with Crippen LogP contribution in [0.5, 0.6) is 0 Å². The van der Waals surface area contributed by atoms with E-state index in [2.05, 4.69) is 56.3 Å². The summed E-state index contributed by atoms with van der Waals surface area (Å²) < 4.78 is 5.66. The van der Waals surface area contributed by atoms with Crippen molar-refractivity contribution in [2.24, 2.45) is 10.3 Å². The Morgan fingerprint density at radius 1 is 1.11 bits per heavy atom. The number of aryl methyl sites for hydroxylation is 1. The Labute approximate surface area is 218 Å². The lowest BCUT2D eigenvalue weighted by Gasteiger charge is -2.13. The van der Waals surface area contributed by atoms with E-state index in [1.54, 1.807) is 17.1 Å². The molecule has 1 atom stereocenters. The highest BCUT2D eigenvalue weighted by Crippen LogP contribution is 2.36. The molecule has 10 heteroatoms. The highest BCUT2D eigenvalue weighted by molar-refractivity contribution is 5.83. The number of fused-ring (bicyclic) bond motifs is 2. The van der Waals surface area contributed by atoms with Gasteiger partial charge in [-0.15, -0.1) is 4.68 Å². The molecular formula is C28H25N10+. The van der Waals surface area contributed by atoms with Crippen LogP contribution in [0, 0.1) is 0 Å². The van der Waals surface area contributed by atoms with E-state index in [4.69, 9.17) is 15.7 Å². The predicted molar refractivity (Wildman–Crippen MR) is 144 cm³/mol. The monoisotopic (exact) mass is 501 g/mol. The molecule has 0 saturated carbocycles. The zero-order valence-electron chi connectivity index (χ0n) is 20.8. The van der Waals surface area contributed by atoms with Gasteiger partial charge in [-0.1, -0.05) is 13.0 Å². The minimum Gasteiger partial charge on any atom is -0.383 e. The van der Waals surface area contributed by atoms with Crippen LogP contribution in [0.1, 0.15) is 36.8 Å². The molecule has 7 rings (SSSR count). The van der Waals surface area contributed by atoms with Gasteiger partial charge in [0.25, 0.3) is 0 Å². The summed E-state index contributed by atoms with van der Waals surface area (Å²) in [5.74, 6) is 2.12. The molecule has 4 aromatic heterocycles. The number of aromatic nitrogens is 6. The van der Waals surface area contributed by atoms with Crippen molar-refractivity contribution in [2.45, 2.75) is 32.1 Å². The number of hydrogen-bond acceptors (Lipinski definition) is 7. The second-order valence-corrected chi connectivity index (χ2v) is 9.39. The van der Waals surface area contributed by atoms with E-state index in [-0.39, 0.29) is 5.92 Å². The molecule has 0 fully saturated rings. The third kappa shape index (κ3) is 3.69. The Balaban J connectivity index is 1.37. The maximum Gasteiger partial charge on any atom is 0.221 e. The number of benzene rings is 1. The summed E-state index contributed by atoms with van der Waals surface area (Å²) in [5, 5.41) is 12.8. The van der Waals surface area contributed by atoms with E-state index < -0.39 is 0 Å².